The molecule has 2 fully saturated rings. The lowest BCUT2D eigenvalue weighted by Gasteiger charge is -2.25. The number of amides is 1. The van der Waals surface area contributed by atoms with E-state index in [9.17, 15) is 9.18 Å². The SMILES string of the molecule is CN(Cc1ccccc1F)C(=O)C1CC12CCNCC2. The van der Waals surface area contributed by atoms with Crippen molar-refractivity contribution in [2.75, 3.05) is 20.1 Å². The van der Waals surface area contributed by atoms with Gasteiger partial charge in [-0.25, -0.2) is 4.39 Å². The monoisotopic (exact) mass is 276 g/mol. The maximum atomic E-state index is 13.6. The molecule has 108 valence electrons. The number of carbonyl (C=O) groups is 1. The van der Waals surface area contributed by atoms with Gasteiger partial charge in [-0.1, -0.05) is 18.2 Å². The molecule has 0 bridgehead atoms. The van der Waals surface area contributed by atoms with E-state index in [2.05, 4.69) is 5.32 Å². The van der Waals surface area contributed by atoms with Gasteiger partial charge in [-0.2, -0.15) is 0 Å². The van der Waals surface area contributed by atoms with E-state index in [0.29, 0.717) is 12.1 Å². The molecule has 1 N–H and O–H groups in total. The van der Waals surface area contributed by atoms with E-state index in [4.69, 9.17) is 0 Å². The standard InChI is InChI=1S/C16H21FN2O/c1-19(11-12-4-2-3-5-14(12)17)15(20)13-10-16(13)6-8-18-9-7-16/h2-5,13,18H,6-11H2,1H3. The Labute approximate surface area is 119 Å². The molecule has 3 rings (SSSR count). The first-order valence-electron chi connectivity index (χ1n) is 7.31. The highest BCUT2D eigenvalue weighted by atomic mass is 19.1. The summed E-state index contributed by atoms with van der Waals surface area (Å²) in [6.45, 7) is 2.39. The molecule has 0 radical (unpaired) electrons. The lowest BCUT2D eigenvalue weighted by atomic mass is 9.91. The summed E-state index contributed by atoms with van der Waals surface area (Å²) in [5.41, 5.74) is 0.828. The Morgan fingerprint density at radius 3 is 2.80 bits per heavy atom. The molecular formula is C16H21FN2O. The molecule has 3 nitrogen and oxygen atoms in total. The molecule has 1 heterocycles. The zero-order valence-corrected chi connectivity index (χ0v) is 11.9. The van der Waals surface area contributed by atoms with Gasteiger partial charge >= 0.3 is 0 Å². The van der Waals surface area contributed by atoms with Crippen molar-refractivity contribution in [3.8, 4) is 0 Å². The fourth-order valence-electron chi connectivity index (χ4n) is 3.40. The first-order valence-corrected chi connectivity index (χ1v) is 7.31. The Balaban J connectivity index is 1.62. The summed E-state index contributed by atoms with van der Waals surface area (Å²) in [6, 6.07) is 6.67. The third kappa shape index (κ3) is 2.44. The molecule has 1 aliphatic heterocycles. The molecule has 1 amide bonds. The van der Waals surface area contributed by atoms with Gasteiger partial charge in [-0.3, -0.25) is 4.79 Å². The third-order valence-electron chi connectivity index (χ3n) is 4.83. The highest BCUT2D eigenvalue weighted by Gasteiger charge is 2.58. The van der Waals surface area contributed by atoms with E-state index >= 15 is 0 Å². The number of halogens is 1. The summed E-state index contributed by atoms with van der Waals surface area (Å²) in [5.74, 6) is 0.0936. The first kappa shape index (κ1) is 13.6. The van der Waals surface area contributed by atoms with Crippen LogP contribution in [0.4, 0.5) is 4.39 Å². The topological polar surface area (TPSA) is 32.3 Å². The van der Waals surface area contributed by atoms with Gasteiger partial charge in [0.15, 0.2) is 0 Å². The minimum Gasteiger partial charge on any atom is -0.341 e. The number of benzene rings is 1. The van der Waals surface area contributed by atoms with Crippen molar-refractivity contribution in [1.82, 2.24) is 10.2 Å². The van der Waals surface area contributed by atoms with Gasteiger partial charge in [0.25, 0.3) is 0 Å². The zero-order valence-electron chi connectivity index (χ0n) is 11.9. The van der Waals surface area contributed by atoms with Crippen LogP contribution < -0.4 is 5.32 Å². The van der Waals surface area contributed by atoms with Crippen LogP contribution in [0.15, 0.2) is 24.3 Å². The molecule has 4 heteroatoms. The van der Waals surface area contributed by atoms with Crippen molar-refractivity contribution in [1.29, 1.82) is 0 Å². The maximum absolute atomic E-state index is 13.6. The summed E-state index contributed by atoms with van der Waals surface area (Å²) < 4.78 is 13.6. The van der Waals surface area contributed by atoms with Gasteiger partial charge < -0.3 is 10.2 Å². The molecular weight excluding hydrogens is 255 g/mol. The summed E-state index contributed by atoms with van der Waals surface area (Å²) in [5, 5.41) is 3.34. The highest BCUT2D eigenvalue weighted by molar-refractivity contribution is 5.82. The van der Waals surface area contributed by atoms with E-state index in [1.165, 1.54) is 6.07 Å². The van der Waals surface area contributed by atoms with Gasteiger partial charge in [0.2, 0.25) is 5.91 Å². The minimum absolute atomic E-state index is 0.154. The lowest BCUT2D eigenvalue weighted by Crippen LogP contribution is -2.34. The normalized spacial score (nSPS) is 23.6. The molecule has 1 saturated carbocycles. The molecule has 1 aliphatic carbocycles. The summed E-state index contributed by atoms with van der Waals surface area (Å²) in [6.07, 6.45) is 3.20. The van der Waals surface area contributed by atoms with Crippen molar-refractivity contribution in [3.05, 3.63) is 35.6 Å². The summed E-state index contributed by atoms with van der Waals surface area (Å²) >= 11 is 0. The second kappa shape index (κ2) is 5.17. The number of piperidine rings is 1. The third-order valence-corrected chi connectivity index (χ3v) is 4.83. The number of rotatable bonds is 3. The van der Waals surface area contributed by atoms with Crippen LogP contribution in [0, 0.1) is 17.2 Å². The summed E-state index contributed by atoms with van der Waals surface area (Å²) in [7, 11) is 1.78. The van der Waals surface area contributed by atoms with Crippen molar-refractivity contribution in [2.24, 2.45) is 11.3 Å². The minimum atomic E-state index is -0.237. The number of hydrogen-bond acceptors (Lipinski definition) is 2. The van der Waals surface area contributed by atoms with E-state index in [0.717, 1.165) is 32.4 Å². The molecule has 2 aliphatic rings. The van der Waals surface area contributed by atoms with Crippen molar-refractivity contribution >= 4 is 5.91 Å². The molecule has 1 atom stereocenters. The Kier molecular flexibility index (Phi) is 3.50. The average Bonchev–Trinajstić information content (AvgIpc) is 3.14. The summed E-state index contributed by atoms with van der Waals surface area (Å²) in [4.78, 5) is 14.2. The van der Waals surface area contributed by atoms with Crippen LogP contribution in [-0.2, 0) is 11.3 Å². The van der Waals surface area contributed by atoms with Gasteiger partial charge in [0, 0.05) is 25.1 Å². The van der Waals surface area contributed by atoms with Crippen molar-refractivity contribution < 1.29 is 9.18 Å². The van der Waals surface area contributed by atoms with Gasteiger partial charge in [-0.05, 0) is 43.8 Å². The number of nitrogens with zero attached hydrogens (tertiary/aromatic N) is 1. The molecule has 1 unspecified atom stereocenters. The molecule has 1 saturated heterocycles. The van der Waals surface area contributed by atoms with Gasteiger partial charge in [0.05, 0.1) is 0 Å². The van der Waals surface area contributed by atoms with Crippen LogP contribution in [0.5, 0.6) is 0 Å². The molecule has 0 aromatic heterocycles. The van der Waals surface area contributed by atoms with E-state index in [1.807, 2.05) is 6.07 Å². The Hall–Kier alpha value is -1.42. The lowest BCUT2D eigenvalue weighted by molar-refractivity contribution is -0.132. The van der Waals surface area contributed by atoms with Crippen LogP contribution in [0.1, 0.15) is 24.8 Å². The number of carbonyl (C=O) groups excluding carboxylic acids is 1. The largest absolute Gasteiger partial charge is 0.341 e. The van der Waals surface area contributed by atoms with Crippen molar-refractivity contribution in [2.45, 2.75) is 25.8 Å². The van der Waals surface area contributed by atoms with E-state index in [1.54, 1.807) is 24.1 Å². The van der Waals surface area contributed by atoms with Crippen LogP contribution in [0.3, 0.4) is 0 Å². The fourth-order valence-corrected chi connectivity index (χ4v) is 3.40. The van der Waals surface area contributed by atoms with E-state index < -0.39 is 0 Å². The predicted molar refractivity (Wildman–Crippen MR) is 75.5 cm³/mol. The fraction of sp³-hybridized carbons (Fsp3) is 0.562. The molecule has 20 heavy (non-hydrogen) atoms. The van der Waals surface area contributed by atoms with Crippen molar-refractivity contribution in [3.63, 3.8) is 0 Å². The van der Waals surface area contributed by atoms with Crippen LogP contribution in [0.25, 0.3) is 0 Å². The quantitative estimate of drug-likeness (QED) is 0.917. The molecule has 1 aromatic rings. The molecule has 1 aromatic carbocycles. The maximum Gasteiger partial charge on any atom is 0.226 e. The Bertz CT molecular complexity index is 511. The smallest absolute Gasteiger partial charge is 0.226 e. The zero-order chi connectivity index (χ0) is 14.2. The van der Waals surface area contributed by atoms with Crippen LogP contribution >= 0.6 is 0 Å². The van der Waals surface area contributed by atoms with Crippen LogP contribution in [0.2, 0.25) is 0 Å². The highest BCUT2D eigenvalue weighted by Crippen LogP contribution is 2.59. The number of nitrogens with one attached hydrogen (secondary N) is 1. The van der Waals surface area contributed by atoms with Gasteiger partial charge in [-0.15, -0.1) is 0 Å². The Morgan fingerprint density at radius 1 is 1.40 bits per heavy atom. The van der Waals surface area contributed by atoms with E-state index in [-0.39, 0.29) is 23.1 Å². The predicted octanol–water partition coefficient (Wildman–Crippen LogP) is 2.17. The molecule has 1 spiro atoms. The average molecular weight is 276 g/mol. The van der Waals surface area contributed by atoms with Crippen LogP contribution in [-0.4, -0.2) is 30.9 Å². The van der Waals surface area contributed by atoms with Gasteiger partial charge in [0.1, 0.15) is 5.82 Å². The Morgan fingerprint density at radius 2 is 2.10 bits per heavy atom. The second-order valence-electron chi connectivity index (χ2n) is 6.15. The second-order valence-corrected chi connectivity index (χ2v) is 6.15. The number of hydrogen-bond donors (Lipinski definition) is 1. The first-order chi connectivity index (χ1) is 9.62.